The van der Waals surface area contributed by atoms with Gasteiger partial charge in [0.2, 0.25) is 0 Å². The van der Waals surface area contributed by atoms with Gasteiger partial charge in [0.05, 0.1) is 7.11 Å². The van der Waals surface area contributed by atoms with Gasteiger partial charge in [-0.05, 0) is 68.7 Å². The zero-order valence-corrected chi connectivity index (χ0v) is 14.2. The predicted molar refractivity (Wildman–Crippen MR) is 86.2 cm³/mol. The molecular weight excluding hydrogens is 314 g/mol. The summed E-state index contributed by atoms with van der Waals surface area (Å²) in [7, 11) is 3.86. The summed E-state index contributed by atoms with van der Waals surface area (Å²) in [5.41, 5.74) is 2.54. The molecule has 0 aromatic heterocycles. The number of halogens is 1. The lowest BCUT2D eigenvalue weighted by Gasteiger charge is -2.32. The Morgan fingerprint density at radius 1 is 1.30 bits per heavy atom. The first kappa shape index (κ1) is 14.4. The summed E-state index contributed by atoms with van der Waals surface area (Å²) >= 11 is 3.67. The van der Waals surface area contributed by atoms with Gasteiger partial charge in [0.15, 0.2) is 0 Å². The van der Waals surface area contributed by atoms with Gasteiger partial charge in [-0.2, -0.15) is 0 Å². The van der Waals surface area contributed by atoms with Crippen molar-refractivity contribution < 1.29 is 4.74 Å². The van der Waals surface area contributed by atoms with E-state index in [1.165, 1.54) is 41.3 Å². The summed E-state index contributed by atoms with van der Waals surface area (Å²) in [6, 6.07) is 4.82. The van der Waals surface area contributed by atoms with E-state index in [-0.39, 0.29) is 0 Å². The molecule has 2 bridgehead atoms. The monoisotopic (exact) mass is 337 g/mol. The highest BCUT2D eigenvalue weighted by Gasteiger charge is 2.43. The average Bonchev–Trinajstić information content (AvgIpc) is 3.06. The second kappa shape index (κ2) is 5.69. The van der Waals surface area contributed by atoms with Crippen molar-refractivity contribution in [2.45, 2.75) is 38.6 Å². The standard InChI is InChI=1S/C17H24BrNO/c1-10-6-16(20-3)14(9-15(10)18)17(19-2)13-8-11-4-5-12(13)7-11/h6,9,11-13,17,19H,4-5,7-8H2,1-3H3. The molecule has 2 saturated carbocycles. The van der Waals surface area contributed by atoms with E-state index >= 15 is 0 Å². The molecule has 0 heterocycles. The van der Waals surface area contributed by atoms with Gasteiger partial charge in [-0.1, -0.05) is 22.4 Å². The van der Waals surface area contributed by atoms with Gasteiger partial charge in [-0.25, -0.2) is 0 Å². The van der Waals surface area contributed by atoms with E-state index in [4.69, 9.17) is 4.74 Å². The Labute approximate surface area is 130 Å². The number of methoxy groups -OCH3 is 1. The third kappa shape index (κ3) is 2.39. The van der Waals surface area contributed by atoms with Crippen LogP contribution >= 0.6 is 15.9 Å². The van der Waals surface area contributed by atoms with E-state index in [2.05, 4.69) is 47.4 Å². The molecule has 110 valence electrons. The maximum Gasteiger partial charge on any atom is 0.123 e. The van der Waals surface area contributed by atoms with Crippen molar-refractivity contribution in [3.63, 3.8) is 0 Å². The Hall–Kier alpha value is -0.540. The first-order chi connectivity index (χ1) is 9.63. The fraction of sp³-hybridized carbons (Fsp3) is 0.647. The van der Waals surface area contributed by atoms with Crippen LogP contribution in [0.25, 0.3) is 0 Å². The van der Waals surface area contributed by atoms with Crippen LogP contribution in [0.2, 0.25) is 0 Å². The van der Waals surface area contributed by atoms with Gasteiger partial charge in [0, 0.05) is 16.1 Å². The lowest BCUT2D eigenvalue weighted by atomic mass is 9.80. The van der Waals surface area contributed by atoms with E-state index in [0.29, 0.717) is 6.04 Å². The molecule has 0 amide bonds. The van der Waals surface area contributed by atoms with E-state index < -0.39 is 0 Å². The summed E-state index contributed by atoms with van der Waals surface area (Å²) in [6.07, 6.45) is 5.69. The zero-order chi connectivity index (χ0) is 14.3. The molecule has 0 spiro atoms. The minimum Gasteiger partial charge on any atom is -0.496 e. The fourth-order valence-electron chi connectivity index (χ4n) is 4.39. The second-order valence-electron chi connectivity index (χ2n) is 6.45. The predicted octanol–water partition coefficient (Wildman–Crippen LogP) is 4.46. The van der Waals surface area contributed by atoms with Crippen LogP contribution in [0.5, 0.6) is 5.75 Å². The molecule has 2 aliphatic rings. The van der Waals surface area contributed by atoms with Gasteiger partial charge in [-0.15, -0.1) is 0 Å². The molecule has 1 aromatic carbocycles. The van der Waals surface area contributed by atoms with Crippen molar-refractivity contribution in [3.05, 3.63) is 27.7 Å². The molecule has 2 aliphatic carbocycles. The highest BCUT2D eigenvalue weighted by molar-refractivity contribution is 9.10. The van der Waals surface area contributed by atoms with Gasteiger partial charge < -0.3 is 10.1 Å². The minimum absolute atomic E-state index is 0.414. The Morgan fingerprint density at radius 2 is 2.10 bits per heavy atom. The van der Waals surface area contributed by atoms with E-state index in [1.54, 1.807) is 7.11 Å². The number of nitrogens with one attached hydrogen (secondary N) is 1. The summed E-state index contributed by atoms with van der Waals surface area (Å²) in [4.78, 5) is 0. The second-order valence-corrected chi connectivity index (χ2v) is 7.30. The molecule has 2 nitrogen and oxygen atoms in total. The summed E-state index contributed by atoms with van der Waals surface area (Å²) < 4.78 is 6.82. The number of rotatable bonds is 4. The topological polar surface area (TPSA) is 21.3 Å². The van der Waals surface area contributed by atoms with Crippen molar-refractivity contribution in [1.29, 1.82) is 0 Å². The molecule has 3 rings (SSSR count). The maximum atomic E-state index is 5.64. The largest absolute Gasteiger partial charge is 0.496 e. The summed E-state index contributed by atoms with van der Waals surface area (Å²) in [6.45, 7) is 2.11. The normalized spacial score (nSPS) is 29.7. The maximum absolute atomic E-state index is 5.64. The first-order valence-electron chi connectivity index (χ1n) is 7.65. The average molecular weight is 338 g/mol. The SMILES string of the molecule is CNC(c1cc(Br)c(C)cc1OC)C1CC2CCC1C2. The van der Waals surface area contributed by atoms with Gasteiger partial charge >= 0.3 is 0 Å². The molecule has 0 saturated heterocycles. The summed E-state index contributed by atoms with van der Waals surface area (Å²) in [5, 5.41) is 3.57. The van der Waals surface area contributed by atoms with Gasteiger partial charge in [-0.3, -0.25) is 0 Å². The lowest BCUT2D eigenvalue weighted by Crippen LogP contribution is -2.29. The van der Waals surface area contributed by atoms with Crippen molar-refractivity contribution in [1.82, 2.24) is 5.32 Å². The number of hydrogen-bond donors (Lipinski definition) is 1. The smallest absolute Gasteiger partial charge is 0.123 e. The number of hydrogen-bond acceptors (Lipinski definition) is 2. The first-order valence-corrected chi connectivity index (χ1v) is 8.44. The van der Waals surface area contributed by atoms with Crippen LogP contribution in [0.1, 0.15) is 42.9 Å². The lowest BCUT2D eigenvalue weighted by molar-refractivity contribution is 0.254. The Morgan fingerprint density at radius 3 is 2.65 bits per heavy atom. The molecule has 1 aromatic rings. The van der Waals surface area contributed by atoms with Crippen LogP contribution in [-0.4, -0.2) is 14.2 Å². The highest BCUT2D eigenvalue weighted by atomic mass is 79.9. The quantitative estimate of drug-likeness (QED) is 0.875. The van der Waals surface area contributed by atoms with E-state index in [1.807, 2.05) is 0 Å². The Balaban J connectivity index is 1.95. The molecule has 3 heteroatoms. The van der Waals surface area contributed by atoms with E-state index in [9.17, 15) is 0 Å². The van der Waals surface area contributed by atoms with E-state index in [0.717, 1.165) is 23.5 Å². The Kier molecular flexibility index (Phi) is 4.09. The third-order valence-electron chi connectivity index (χ3n) is 5.38. The number of ether oxygens (including phenoxy) is 1. The molecule has 4 unspecified atom stereocenters. The molecule has 0 radical (unpaired) electrons. The van der Waals surface area contributed by atoms with Crippen molar-refractivity contribution in [2.75, 3.05) is 14.2 Å². The molecule has 20 heavy (non-hydrogen) atoms. The molecular formula is C17H24BrNO. The highest BCUT2D eigenvalue weighted by Crippen LogP contribution is 2.53. The fourth-order valence-corrected chi connectivity index (χ4v) is 4.75. The van der Waals surface area contributed by atoms with Crippen molar-refractivity contribution in [2.24, 2.45) is 17.8 Å². The third-order valence-corrected chi connectivity index (χ3v) is 6.23. The van der Waals surface area contributed by atoms with Crippen LogP contribution in [0, 0.1) is 24.7 Å². The van der Waals surface area contributed by atoms with Crippen LogP contribution < -0.4 is 10.1 Å². The van der Waals surface area contributed by atoms with Crippen LogP contribution in [0.4, 0.5) is 0 Å². The number of fused-ring (bicyclic) bond motifs is 2. The summed E-state index contributed by atoms with van der Waals surface area (Å²) in [5.74, 6) is 3.66. The molecule has 4 atom stereocenters. The number of aryl methyl sites for hydroxylation is 1. The molecule has 1 N–H and O–H groups in total. The van der Waals surface area contributed by atoms with Crippen LogP contribution in [0.15, 0.2) is 16.6 Å². The van der Waals surface area contributed by atoms with Crippen LogP contribution in [-0.2, 0) is 0 Å². The van der Waals surface area contributed by atoms with Crippen molar-refractivity contribution in [3.8, 4) is 5.75 Å². The Bertz CT molecular complexity index is 502. The van der Waals surface area contributed by atoms with Gasteiger partial charge in [0.1, 0.15) is 5.75 Å². The van der Waals surface area contributed by atoms with Crippen molar-refractivity contribution >= 4 is 15.9 Å². The molecule has 2 fully saturated rings. The zero-order valence-electron chi connectivity index (χ0n) is 12.6. The van der Waals surface area contributed by atoms with Gasteiger partial charge in [0.25, 0.3) is 0 Å². The minimum atomic E-state index is 0.414. The molecule has 0 aliphatic heterocycles. The van der Waals surface area contributed by atoms with Crippen LogP contribution in [0.3, 0.4) is 0 Å². The number of benzene rings is 1.